The number of aliphatic hydroxyl groups excluding tert-OH is 1. The lowest BCUT2D eigenvalue weighted by Gasteiger charge is -2.21. The number of aryl methyl sites for hydroxylation is 2. The molecule has 1 saturated carbocycles. The van der Waals surface area contributed by atoms with Crippen molar-refractivity contribution in [1.29, 1.82) is 0 Å². The first-order valence-corrected chi connectivity index (χ1v) is 8.74. The first kappa shape index (κ1) is 14.8. The van der Waals surface area contributed by atoms with Gasteiger partial charge in [0, 0.05) is 22.4 Å². The van der Waals surface area contributed by atoms with Crippen molar-refractivity contribution in [1.82, 2.24) is 9.78 Å². The molecule has 1 unspecified atom stereocenters. The summed E-state index contributed by atoms with van der Waals surface area (Å²) in [7, 11) is 0. The zero-order valence-corrected chi connectivity index (χ0v) is 13.7. The van der Waals surface area contributed by atoms with E-state index in [4.69, 9.17) is 0 Å². The third-order valence-electron chi connectivity index (χ3n) is 4.53. The summed E-state index contributed by atoms with van der Waals surface area (Å²) in [6.45, 7) is 4.20. The lowest BCUT2D eigenvalue weighted by molar-refractivity contribution is 0.180. The van der Waals surface area contributed by atoms with E-state index in [-0.39, 0.29) is 0 Å². The van der Waals surface area contributed by atoms with Crippen molar-refractivity contribution in [3.63, 3.8) is 0 Å². The van der Waals surface area contributed by atoms with Gasteiger partial charge in [0.05, 0.1) is 17.8 Å². The Morgan fingerprint density at radius 2 is 2.10 bits per heavy atom. The first-order valence-electron chi connectivity index (χ1n) is 7.92. The molecule has 0 amide bonds. The fraction of sp³-hybridized carbons (Fsp3) is 0.588. The van der Waals surface area contributed by atoms with E-state index in [0.29, 0.717) is 12.5 Å². The number of hydrogen-bond donors (Lipinski definition) is 1. The van der Waals surface area contributed by atoms with Crippen molar-refractivity contribution in [3.8, 4) is 0 Å². The van der Waals surface area contributed by atoms with Crippen molar-refractivity contribution in [2.75, 3.05) is 0 Å². The van der Waals surface area contributed by atoms with Gasteiger partial charge < -0.3 is 5.11 Å². The highest BCUT2D eigenvalue weighted by molar-refractivity contribution is 7.12. The second kappa shape index (κ2) is 6.32. The van der Waals surface area contributed by atoms with Crippen LogP contribution in [0.25, 0.3) is 0 Å². The molecule has 3 nitrogen and oxygen atoms in total. The van der Waals surface area contributed by atoms with Crippen molar-refractivity contribution in [3.05, 3.63) is 39.3 Å². The topological polar surface area (TPSA) is 38.0 Å². The molecule has 2 aromatic heterocycles. The molecule has 3 rings (SSSR count). The molecule has 1 N–H and O–H groups in total. The van der Waals surface area contributed by atoms with Gasteiger partial charge >= 0.3 is 0 Å². The largest absolute Gasteiger partial charge is 0.387 e. The summed E-state index contributed by atoms with van der Waals surface area (Å²) in [5.41, 5.74) is 2.26. The Labute approximate surface area is 130 Å². The van der Waals surface area contributed by atoms with Crippen LogP contribution in [0.2, 0.25) is 0 Å². The highest BCUT2D eigenvalue weighted by Gasteiger charge is 2.18. The van der Waals surface area contributed by atoms with E-state index >= 15 is 0 Å². The van der Waals surface area contributed by atoms with Crippen molar-refractivity contribution in [2.45, 2.75) is 64.5 Å². The Morgan fingerprint density at radius 3 is 2.76 bits per heavy atom. The van der Waals surface area contributed by atoms with Crippen LogP contribution in [0.5, 0.6) is 0 Å². The van der Waals surface area contributed by atoms with Crippen LogP contribution in [-0.4, -0.2) is 14.9 Å². The Kier molecular flexibility index (Phi) is 4.45. The maximum Gasteiger partial charge on any atom is 0.0938 e. The summed E-state index contributed by atoms with van der Waals surface area (Å²) in [5.74, 6) is 0. The van der Waals surface area contributed by atoms with Crippen molar-refractivity contribution < 1.29 is 5.11 Å². The summed E-state index contributed by atoms with van der Waals surface area (Å²) in [5, 5.41) is 15.1. The highest BCUT2D eigenvalue weighted by atomic mass is 32.1. The molecule has 4 heteroatoms. The van der Waals surface area contributed by atoms with E-state index < -0.39 is 6.10 Å². The van der Waals surface area contributed by atoms with Crippen LogP contribution in [0.3, 0.4) is 0 Å². The van der Waals surface area contributed by atoms with E-state index in [1.165, 1.54) is 42.5 Å². The molecule has 1 aliphatic carbocycles. The average molecular weight is 304 g/mol. The van der Waals surface area contributed by atoms with E-state index in [0.717, 1.165) is 10.6 Å². The molecule has 2 aromatic rings. The van der Waals surface area contributed by atoms with Gasteiger partial charge in [0.25, 0.3) is 0 Å². The number of aromatic nitrogens is 2. The molecule has 0 aliphatic heterocycles. The van der Waals surface area contributed by atoms with Gasteiger partial charge in [0.2, 0.25) is 0 Å². The van der Waals surface area contributed by atoms with Crippen LogP contribution < -0.4 is 0 Å². The van der Waals surface area contributed by atoms with E-state index in [2.05, 4.69) is 42.0 Å². The Morgan fingerprint density at radius 1 is 1.33 bits per heavy atom. The van der Waals surface area contributed by atoms with Gasteiger partial charge in [-0.3, -0.25) is 4.68 Å². The minimum absolute atomic E-state index is 0.433. The predicted octanol–water partition coefficient (Wildman–Crippen LogP) is 4.34. The highest BCUT2D eigenvalue weighted by Crippen LogP contribution is 2.30. The molecule has 1 aliphatic rings. The molecule has 114 valence electrons. The normalized spacial score (nSPS) is 18.0. The first-order chi connectivity index (χ1) is 10.1. The standard InChI is InChI=1S/C17H24N2OS/c1-12-10-17(21-13(12)2)16(20)11-14-8-9-19(18-14)15-6-4-3-5-7-15/h8-10,15-16,20H,3-7,11H2,1-2H3. The summed E-state index contributed by atoms with van der Waals surface area (Å²) < 4.78 is 2.12. The van der Waals surface area contributed by atoms with Gasteiger partial charge in [0.1, 0.15) is 0 Å². The third-order valence-corrected chi connectivity index (χ3v) is 5.78. The molecule has 2 heterocycles. The van der Waals surface area contributed by atoms with E-state index in [1.807, 2.05) is 0 Å². The summed E-state index contributed by atoms with van der Waals surface area (Å²) in [6.07, 6.45) is 8.74. The van der Waals surface area contributed by atoms with Crippen LogP contribution >= 0.6 is 11.3 Å². The van der Waals surface area contributed by atoms with Crippen LogP contribution in [-0.2, 0) is 6.42 Å². The second-order valence-corrected chi connectivity index (χ2v) is 7.47. The van der Waals surface area contributed by atoms with Gasteiger partial charge in [-0.1, -0.05) is 19.3 Å². The van der Waals surface area contributed by atoms with Crippen molar-refractivity contribution in [2.24, 2.45) is 0 Å². The SMILES string of the molecule is Cc1cc(C(O)Cc2ccn(C3CCCCC3)n2)sc1C. The zero-order valence-electron chi connectivity index (χ0n) is 12.9. The maximum absolute atomic E-state index is 10.4. The molecular formula is C17H24N2OS. The fourth-order valence-corrected chi connectivity index (χ4v) is 4.13. The van der Waals surface area contributed by atoms with Crippen LogP contribution in [0, 0.1) is 13.8 Å². The lowest BCUT2D eigenvalue weighted by Crippen LogP contribution is -2.13. The molecule has 21 heavy (non-hydrogen) atoms. The molecule has 1 fully saturated rings. The van der Waals surface area contributed by atoms with E-state index in [9.17, 15) is 5.11 Å². The molecule has 0 aromatic carbocycles. The second-order valence-electron chi connectivity index (χ2n) is 6.19. The van der Waals surface area contributed by atoms with Gasteiger partial charge in [-0.25, -0.2) is 0 Å². The maximum atomic E-state index is 10.4. The number of nitrogens with zero attached hydrogens (tertiary/aromatic N) is 2. The Hall–Kier alpha value is -1.13. The van der Waals surface area contributed by atoms with Gasteiger partial charge in [-0.2, -0.15) is 5.10 Å². The summed E-state index contributed by atoms with van der Waals surface area (Å²) in [6, 6.07) is 4.73. The van der Waals surface area contributed by atoms with Crippen LogP contribution in [0.1, 0.15) is 65.3 Å². The molecule has 1 atom stereocenters. The van der Waals surface area contributed by atoms with Gasteiger partial charge in [-0.05, 0) is 44.4 Å². The molecule has 0 bridgehead atoms. The third kappa shape index (κ3) is 3.38. The molecule has 0 spiro atoms. The average Bonchev–Trinajstić information content (AvgIpc) is 3.08. The van der Waals surface area contributed by atoms with Gasteiger partial charge in [0.15, 0.2) is 0 Å². The number of hydrogen-bond acceptors (Lipinski definition) is 3. The van der Waals surface area contributed by atoms with Crippen LogP contribution in [0.15, 0.2) is 18.3 Å². The monoisotopic (exact) mass is 304 g/mol. The smallest absolute Gasteiger partial charge is 0.0938 e. The van der Waals surface area contributed by atoms with E-state index in [1.54, 1.807) is 11.3 Å². The predicted molar refractivity (Wildman–Crippen MR) is 86.8 cm³/mol. The Balaban J connectivity index is 1.66. The minimum Gasteiger partial charge on any atom is -0.387 e. The number of thiophene rings is 1. The zero-order chi connectivity index (χ0) is 14.8. The fourth-order valence-electron chi connectivity index (χ4n) is 3.10. The summed E-state index contributed by atoms with van der Waals surface area (Å²) in [4.78, 5) is 2.34. The summed E-state index contributed by atoms with van der Waals surface area (Å²) >= 11 is 1.69. The lowest BCUT2D eigenvalue weighted by atomic mass is 9.96. The Bertz CT molecular complexity index is 576. The molecule has 0 radical (unpaired) electrons. The van der Waals surface area contributed by atoms with Gasteiger partial charge in [-0.15, -0.1) is 11.3 Å². The number of rotatable bonds is 4. The quantitative estimate of drug-likeness (QED) is 0.912. The van der Waals surface area contributed by atoms with Crippen LogP contribution in [0.4, 0.5) is 0 Å². The number of aliphatic hydroxyl groups is 1. The van der Waals surface area contributed by atoms with Crippen molar-refractivity contribution >= 4 is 11.3 Å². The minimum atomic E-state index is -0.433. The molecule has 0 saturated heterocycles. The molecular weight excluding hydrogens is 280 g/mol.